The Morgan fingerprint density at radius 3 is 1.78 bits per heavy atom. The van der Waals surface area contributed by atoms with Crippen LogP contribution in [0.2, 0.25) is 0 Å². The zero-order chi connectivity index (χ0) is 22.7. The van der Waals surface area contributed by atoms with Crippen molar-refractivity contribution in [2.24, 2.45) is 0 Å². The molecule has 4 nitrogen and oxygen atoms in total. The van der Waals surface area contributed by atoms with E-state index in [0.717, 1.165) is 10.8 Å². The molecule has 0 aromatic heterocycles. The quantitative estimate of drug-likeness (QED) is 0.387. The van der Waals surface area contributed by atoms with Gasteiger partial charge in [-0.25, -0.2) is 0 Å². The fourth-order valence-corrected chi connectivity index (χ4v) is 3.53. The average molecular weight is 423 g/mol. The maximum absolute atomic E-state index is 12.7. The van der Waals surface area contributed by atoms with Gasteiger partial charge in [0.15, 0.2) is 0 Å². The molecular weight excluding hydrogens is 396 g/mol. The van der Waals surface area contributed by atoms with Crippen LogP contribution in [0.1, 0.15) is 47.1 Å². The first-order valence-corrected chi connectivity index (χ1v) is 10.6. The van der Waals surface area contributed by atoms with Crippen LogP contribution in [0.25, 0.3) is 10.8 Å². The molecule has 0 aliphatic heterocycles. The molecule has 0 unspecified atom stereocenters. The van der Waals surface area contributed by atoms with Crippen LogP contribution in [0.15, 0.2) is 91.0 Å². The molecule has 0 bridgehead atoms. The van der Waals surface area contributed by atoms with Crippen LogP contribution < -0.4 is 10.6 Å². The normalized spacial score (nSPS) is 11.2. The SMILES string of the molecule is CC(C)(C)c1ccc(C(=O)Nc2cccc(NC(=O)c3ccc4ccccc4c3)c2)cc1. The predicted octanol–water partition coefficient (Wildman–Crippen LogP) is 6.64. The molecule has 160 valence electrons. The van der Waals surface area contributed by atoms with Crippen molar-refractivity contribution in [2.45, 2.75) is 26.2 Å². The molecule has 2 amide bonds. The molecule has 4 rings (SSSR count). The highest BCUT2D eigenvalue weighted by atomic mass is 16.2. The molecule has 0 aliphatic carbocycles. The van der Waals surface area contributed by atoms with Crippen LogP contribution >= 0.6 is 0 Å². The molecule has 0 heterocycles. The zero-order valence-corrected chi connectivity index (χ0v) is 18.5. The van der Waals surface area contributed by atoms with Gasteiger partial charge in [0.05, 0.1) is 0 Å². The molecule has 2 N–H and O–H groups in total. The molecule has 32 heavy (non-hydrogen) atoms. The van der Waals surface area contributed by atoms with Crippen LogP contribution in [0.3, 0.4) is 0 Å². The average Bonchev–Trinajstić information content (AvgIpc) is 2.78. The van der Waals surface area contributed by atoms with Gasteiger partial charge in [-0.1, -0.05) is 69.3 Å². The molecule has 0 spiro atoms. The summed E-state index contributed by atoms with van der Waals surface area (Å²) < 4.78 is 0. The monoisotopic (exact) mass is 422 g/mol. The summed E-state index contributed by atoms with van der Waals surface area (Å²) in [6, 6.07) is 28.3. The molecule has 0 saturated carbocycles. The summed E-state index contributed by atoms with van der Waals surface area (Å²) in [5.74, 6) is -0.388. The van der Waals surface area contributed by atoms with Gasteiger partial charge in [0, 0.05) is 22.5 Å². The summed E-state index contributed by atoms with van der Waals surface area (Å²) in [6.45, 7) is 6.42. The number of anilines is 2. The molecule has 0 saturated heterocycles. The van der Waals surface area contributed by atoms with Gasteiger partial charge in [-0.05, 0) is 64.2 Å². The minimum Gasteiger partial charge on any atom is -0.322 e. The summed E-state index contributed by atoms with van der Waals surface area (Å²) in [6.07, 6.45) is 0. The lowest BCUT2D eigenvalue weighted by Gasteiger charge is -2.19. The third-order valence-electron chi connectivity index (χ3n) is 5.40. The Labute approximate surface area is 188 Å². The molecule has 0 fully saturated rings. The number of rotatable bonds is 4. The first-order valence-electron chi connectivity index (χ1n) is 10.6. The molecule has 4 aromatic rings. The number of carbonyl (C=O) groups is 2. The van der Waals surface area contributed by atoms with Crippen molar-refractivity contribution >= 4 is 34.0 Å². The van der Waals surface area contributed by atoms with E-state index in [1.807, 2.05) is 66.7 Å². The fourth-order valence-electron chi connectivity index (χ4n) is 3.53. The predicted molar refractivity (Wildman–Crippen MR) is 131 cm³/mol. The number of hydrogen-bond donors (Lipinski definition) is 2. The summed E-state index contributed by atoms with van der Waals surface area (Å²) in [7, 11) is 0. The molecule has 0 radical (unpaired) electrons. The van der Waals surface area contributed by atoms with Gasteiger partial charge in [0.1, 0.15) is 0 Å². The maximum Gasteiger partial charge on any atom is 0.255 e. The fraction of sp³-hybridized carbons (Fsp3) is 0.143. The Hall–Kier alpha value is -3.92. The summed E-state index contributed by atoms with van der Waals surface area (Å²) >= 11 is 0. The van der Waals surface area contributed by atoms with E-state index in [4.69, 9.17) is 0 Å². The first kappa shape index (κ1) is 21.3. The molecule has 4 heteroatoms. The minimum atomic E-state index is -0.197. The van der Waals surface area contributed by atoms with Crippen LogP contribution in [0.4, 0.5) is 11.4 Å². The van der Waals surface area contributed by atoms with Crippen molar-refractivity contribution in [3.05, 3.63) is 108 Å². The van der Waals surface area contributed by atoms with Crippen molar-refractivity contribution in [2.75, 3.05) is 10.6 Å². The number of benzene rings is 4. The van der Waals surface area contributed by atoms with E-state index in [0.29, 0.717) is 22.5 Å². The van der Waals surface area contributed by atoms with Gasteiger partial charge in [-0.15, -0.1) is 0 Å². The highest BCUT2D eigenvalue weighted by Crippen LogP contribution is 2.23. The van der Waals surface area contributed by atoms with Gasteiger partial charge in [-0.2, -0.15) is 0 Å². The van der Waals surface area contributed by atoms with Gasteiger partial charge in [0.25, 0.3) is 11.8 Å². The lowest BCUT2D eigenvalue weighted by atomic mass is 9.87. The Bertz CT molecular complexity index is 1280. The Balaban J connectivity index is 1.45. The lowest BCUT2D eigenvalue weighted by molar-refractivity contribution is 0.101. The van der Waals surface area contributed by atoms with Crippen molar-refractivity contribution in [1.82, 2.24) is 0 Å². The van der Waals surface area contributed by atoms with Gasteiger partial charge < -0.3 is 10.6 Å². The number of fused-ring (bicyclic) bond motifs is 1. The van der Waals surface area contributed by atoms with Crippen molar-refractivity contribution in [3.63, 3.8) is 0 Å². The molecule has 0 atom stereocenters. The number of hydrogen-bond acceptors (Lipinski definition) is 2. The topological polar surface area (TPSA) is 58.2 Å². The highest BCUT2D eigenvalue weighted by Gasteiger charge is 2.14. The molecule has 4 aromatic carbocycles. The number of nitrogens with one attached hydrogen (secondary N) is 2. The summed E-state index contributed by atoms with van der Waals surface area (Å²) in [5, 5.41) is 7.91. The standard InChI is InChI=1S/C28H26N2O2/c1-28(2,3)23-15-13-20(14-16-23)26(31)29-24-9-6-10-25(18-24)30-27(32)22-12-11-19-7-4-5-8-21(19)17-22/h4-18H,1-3H3,(H,29,31)(H,30,32). The van der Waals surface area contributed by atoms with Crippen LogP contribution in [-0.4, -0.2) is 11.8 Å². The Morgan fingerprint density at radius 1 is 0.594 bits per heavy atom. The number of amides is 2. The van der Waals surface area contributed by atoms with E-state index >= 15 is 0 Å². The Morgan fingerprint density at radius 2 is 1.16 bits per heavy atom. The second kappa shape index (κ2) is 8.67. The van der Waals surface area contributed by atoms with Gasteiger partial charge >= 0.3 is 0 Å². The first-order chi connectivity index (χ1) is 15.3. The largest absolute Gasteiger partial charge is 0.322 e. The summed E-state index contributed by atoms with van der Waals surface area (Å²) in [5.41, 5.74) is 3.61. The van der Waals surface area contributed by atoms with Gasteiger partial charge in [0.2, 0.25) is 0 Å². The third-order valence-corrected chi connectivity index (χ3v) is 5.40. The van der Waals surface area contributed by atoms with E-state index in [2.05, 4.69) is 31.4 Å². The minimum absolute atomic E-state index is 0.0343. The van der Waals surface area contributed by atoms with E-state index < -0.39 is 0 Å². The third kappa shape index (κ3) is 4.86. The van der Waals surface area contributed by atoms with Crippen molar-refractivity contribution < 1.29 is 9.59 Å². The second-order valence-corrected chi connectivity index (χ2v) is 8.88. The van der Waals surface area contributed by atoms with E-state index in [1.165, 1.54) is 5.56 Å². The molecule has 0 aliphatic rings. The van der Waals surface area contributed by atoms with E-state index in [-0.39, 0.29) is 17.2 Å². The van der Waals surface area contributed by atoms with Gasteiger partial charge in [-0.3, -0.25) is 9.59 Å². The van der Waals surface area contributed by atoms with Crippen LogP contribution in [0.5, 0.6) is 0 Å². The molecular formula is C28H26N2O2. The van der Waals surface area contributed by atoms with Crippen molar-refractivity contribution in [3.8, 4) is 0 Å². The van der Waals surface area contributed by atoms with E-state index in [9.17, 15) is 9.59 Å². The maximum atomic E-state index is 12.7. The number of carbonyl (C=O) groups excluding carboxylic acids is 2. The van der Waals surface area contributed by atoms with Crippen molar-refractivity contribution in [1.29, 1.82) is 0 Å². The summed E-state index contributed by atoms with van der Waals surface area (Å²) in [4.78, 5) is 25.4. The lowest BCUT2D eigenvalue weighted by Crippen LogP contribution is -2.15. The highest BCUT2D eigenvalue weighted by molar-refractivity contribution is 6.07. The zero-order valence-electron chi connectivity index (χ0n) is 18.5. The Kier molecular flexibility index (Phi) is 5.78. The second-order valence-electron chi connectivity index (χ2n) is 8.88. The smallest absolute Gasteiger partial charge is 0.255 e. The van der Waals surface area contributed by atoms with E-state index in [1.54, 1.807) is 24.3 Å². The van der Waals surface area contributed by atoms with Crippen LogP contribution in [0, 0.1) is 0 Å². The van der Waals surface area contributed by atoms with Crippen LogP contribution in [-0.2, 0) is 5.41 Å².